The van der Waals surface area contributed by atoms with E-state index in [-0.39, 0.29) is 11.6 Å². The summed E-state index contributed by atoms with van der Waals surface area (Å²) < 4.78 is 1.70. The lowest BCUT2D eigenvalue weighted by atomic mass is 10.2. The molecule has 0 saturated carbocycles. The van der Waals surface area contributed by atoms with Gasteiger partial charge in [-0.15, -0.1) is 11.3 Å². The van der Waals surface area contributed by atoms with Gasteiger partial charge in [-0.2, -0.15) is 0 Å². The first kappa shape index (κ1) is 14.4. The predicted octanol–water partition coefficient (Wildman–Crippen LogP) is 3.04. The van der Waals surface area contributed by atoms with Crippen LogP contribution in [0.4, 0.5) is 5.13 Å². The van der Waals surface area contributed by atoms with Gasteiger partial charge >= 0.3 is 0 Å². The Morgan fingerprint density at radius 2 is 2.09 bits per heavy atom. The van der Waals surface area contributed by atoms with Crippen LogP contribution < -0.4 is 10.5 Å². The molecule has 5 nitrogen and oxygen atoms in total. The number of aromatic nitrogens is 3. The van der Waals surface area contributed by atoms with Crippen LogP contribution in [0, 0.1) is 6.92 Å². The molecular formula is C17H18N4OS. The Labute approximate surface area is 138 Å². The largest absolute Gasteiger partial charge is 0.338 e. The lowest BCUT2D eigenvalue weighted by Gasteiger charge is -2.25. The van der Waals surface area contributed by atoms with Crippen molar-refractivity contribution in [2.24, 2.45) is 7.05 Å². The normalized spacial score (nSPS) is 18.0. The van der Waals surface area contributed by atoms with E-state index in [2.05, 4.69) is 15.3 Å². The van der Waals surface area contributed by atoms with Crippen LogP contribution in [-0.4, -0.2) is 21.1 Å². The molecule has 3 heterocycles. The van der Waals surface area contributed by atoms with Crippen molar-refractivity contribution in [2.75, 3.05) is 11.4 Å². The van der Waals surface area contributed by atoms with Crippen LogP contribution in [0.15, 0.2) is 34.4 Å². The van der Waals surface area contributed by atoms with Gasteiger partial charge in [0.1, 0.15) is 5.82 Å². The maximum absolute atomic E-state index is 12.6. The van der Waals surface area contributed by atoms with Crippen molar-refractivity contribution in [1.82, 2.24) is 14.5 Å². The highest BCUT2D eigenvalue weighted by Crippen LogP contribution is 2.36. The van der Waals surface area contributed by atoms with Crippen LogP contribution in [0.25, 0.3) is 10.9 Å². The van der Waals surface area contributed by atoms with Crippen molar-refractivity contribution >= 4 is 27.4 Å². The fraction of sp³-hybridized carbons (Fsp3) is 0.353. The Morgan fingerprint density at radius 1 is 1.26 bits per heavy atom. The Bertz CT molecular complexity index is 930. The quantitative estimate of drug-likeness (QED) is 0.726. The van der Waals surface area contributed by atoms with Gasteiger partial charge in [-0.05, 0) is 31.9 Å². The van der Waals surface area contributed by atoms with Crippen molar-refractivity contribution in [3.8, 4) is 0 Å². The molecule has 1 fully saturated rings. The Hall–Kier alpha value is -2.21. The molecule has 1 unspecified atom stereocenters. The number of benzene rings is 1. The number of anilines is 1. The maximum Gasteiger partial charge on any atom is 0.261 e. The van der Waals surface area contributed by atoms with E-state index in [1.54, 1.807) is 15.9 Å². The Balaban J connectivity index is 1.84. The predicted molar refractivity (Wildman–Crippen MR) is 93.2 cm³/mol. The summed E-state index contributed by atoms with van der Waals surface area (Å²) in [6.45, 7) is 2.97. The van der Waals surface area contributed by atoms with Gasteiger partial charge in [0.2, 0.25) is 0 Å². The first-order chi connectivity index (χ1) is 11.1. The van der Waals surface area contributed by atoms with Gasteiger partial charge in [0, 0.05) is 19.0 Å². The summed E-state index contributed by atoms with van der Waals surface area (Å²) in [6.07, 6.45) is 2.09. The van der Waals surface area contributed by atoms with E-state index < -0.39 is 0 Å². The molecular weight excluding hydrogens is 308 g/mol. The summed E-state index contributed by atoms with van der Waals surface area (Å²) >= 11 is 1.66. The minimum absolute atomic E-state index is 0.0211. The average Bonchev–Trinajstić information content (AvgIpc) is 3.19. The summed E-state index contributed by atoms with van der Waals surface area (Å²) in [4.78, 5) is 24.3. The van der Waals surface area contributed by atoms with Crippen molar-refractivity contribution < 1.29 is 0 Å². The van der Waals surface area contributed by atoms with Crippen molar-refractivity contribution in [1.29, 1.82) is 0 Å². The van der Waals surface area contributed by atoms with Gasteiger partial charge < -0.3 is 4.90 Å². The third-order valence-electron chi connectivity index (χ3n) is 4.42. The molecule has 1 aliphatic rings. The van der Waals surface area contributed by atoms with E-state index in [4.69, 9.17) is 4.98 Å². The molecule has 0 spiro atoms. The minimum atomic E-state index is 0.0211. The summed E-state index contributed by atoms with van der Waals surface area (Å²) in [5, 5.41) is 3.76. The molecule has 0 N–H and O–H groups in total. The van der Waals surface area contributed by atoms with E-state index in [9.17, 15) is 4.79 Å². The zero-order valence-corrected chi connectivity index (χ0v) is 14.0. The fourth-order valence-corrected chi connectivity index (χ4v) is 4.15. The van der Waals surface area contributed by atoms with Gasteiger partial charge in [-0.25, -0.2) is 9.97 Å². The first-order valence-electron chi connectivity index (χ1n) is 7.79. The zero-order valence-electron chi connectivity index (χ0n) is 13.2. The third kappa shape index (κ3) is 2.34. The van der Waals surface area contributed by atoms with Crippen LogP contribution in [0.5, 0.6) is 0 Å². The van der Waals surface area contributed by atoms with Crippen molar-refractivity contribution in [3.63, 3.8) is 0 Å². The molecule has 0 bridgehead atoms. The smallest absolute Gasteiger partial charge is 0.261 e. The van der Waals surface area contributed by atoms with Gasteiger partial charge in [0.25, 0.3) is 5.56 Å². The number of aryl methyl sites for hydroxylation is 1. The zero-order chi connectivity index (χ0) is 16.0. The molecule has 1 aliphatic heterocycles. The Kier molecular flexibility index (Phi) is 3.41. The van der Waals surface area contributed by atoms with Crippen LogP contribution >= 0.6 is 11.3 Å². The average molecular weight is 326 g/mol. The SMILES string of the molecule is Cc1csc(N2CCCC2c2nc3ccccc3c(=O)n2C)n1. The topological polar surface area (TPSA) is 51.0 Å². The van der Waals surface area contributed by atoms with Crippen LogP contribution in [-0.2, 0) is 7.05 Å². The molecule has 3 aromatic rings. The second kappa shape index (κ2) is 5.45. The molecule has 0 amide bonds. The molecule has 0 aliphatic carbocycles. The molecule has 1 atom stereocenters. The lowest BCUT2D eigenvalue weighted by Crippen LogP contribution is -2.30. The lowest BCUT2D eigenvalue weighted by molar-refractivity contribution is 0.610. The standard InChI is InChI=1S/C17H18N4OS/c1-11-10-23-17(18-11)21-9-5-8-14(21)15-19-13-7-4-3-6-12(13)16(22)20(15)2/h3-4,6-7,10,14H,5,8-9H2,1-2H3. The second-order valence-electron chi connectivity index (χ2n) is 5.97. The van der Waals surface area contributed by atoms with Gasteiger partial charge in [-0.1, -0.05) is 12.1 Å². The minimum Gasteiger partial charge on any atom is -0.338 e. The molecule has 1 saturated heterocycles. The van der Waals surface area contributed by atoms with Gasteiger partial charge in [0.05, 0.1) is 22.6 Å². The monoisotopic (exact) mass is 326 g/mol. The second-order valence-corrected chi connectivity index (χ2v) is 6.81. The van der Waals surface area contributed by atoms with Crippen LogP contribution in [0.1, 0.15) is 30.4 Å². The number of fused-ring (bicyclic) bond motifs is 1. The summed E-state index contributed by atoms with van der Waals surface area (Å²) in [5.74, 6) is 0.832. The molecule has 2 aromatic heterocycles. The van der Waals surface area contributed by atoms with Gasteiger partial charge in [0.15, 0.2) is 5.13 Å². The summed E-state index contributed by atoms with van der Waals surface area (Å²) in [6, 6.07) is 7.67. The summed E-state index contributed by atoms with van der Waals surface area (Å²) in [7, 11) is 1.82. The van der Waals surface area contributed by atoms with Gasteiger partial charge in [-0.3, -0.25) is 9.36 Å². The number of rotatable bonds is 2. The van der Waals surface area contributed by atoms with E-state index in [0.717, 1.165) is 41.6 Å². The molecule has 4 rings (SSSR count). The molecule has 118 valence electrons. The van der Waals surface area contributed by atoms with Crippen LogP contribution in [0.2, 0.25) is 0 Å². The highest BCUT2D eigenvalue weighted by molar-refractivity contribution is 7.13. The summed E-state index contributed by atoms with van der Waals surface area (Å²) in [5.41, 5.74) is 1.83. The molecule has 0 radical (unpaired) electrons. The highest BCUT2D eigenvalue weighted by atomic mass is 32.1. The number of nitrogens with zero attached hydrogens (tertiary/aromatic N) is 4. The van der Waals surface area contributed by atoms with E-state index in [1.807, 2.05) is 38.2 Å². The number of para-hydroxylation sites is 1. The van der Waals surface area contributed by atoms with E-state index in [1.165, 1.54) is 0 Å². The first-order valence-corrected chi connectivity index (χ1v) is 8.67. The number of hydrogen-bond acceptors (Lipinski definition) is 5. The van der Waals surface area contributed by atoms with E-state index >= 15 is 0 Å². The maximum atomic E-state index is 12.6. The molecule has 6 heteroatoms. The number of hydrogen-bond donors (Lipinski definition) is 0. The molecule has 1 aromatic carbocycles. The Morgan fingerprint density at radius 3 is 2.87 bits per heavy atom. The van der Waals surface area contributed by atoms with Crippen molar-refractivity contribution in [3.05, 3.63) is 51.5 Å². The fourth-order valence-electron chi connectivity index (χ4n) is 3.27. The highest BCUT2D eigenvalue weighted by Gasteiger charge is 2.31. The molecule has 23 heavy (non-hydrogen) atoms. The van der Waals surface area contributed by atoms with Crippen LogP contribution in [0.3, 0.4) is 0 Å². The number of thiazole rings is 1. The van der Waals surface area contributed by atoms with Crippen molar-refractivity contribution in [2.45, 2.75) is 25.8 Å². The van der Waals surface area contributed by atoms with E-state index in [0.29, 0.717) is 5.39 Å². The third-order valence-corrected chi connectivity index (χ3v) is 5.42.